The minimum atomic E-state index is -4.24. The van der Waals surface area contributed by atoms with Crippen LogP contribution in [0.15, 0.2) is 18.2 Å². The fraction of sp³-hybridized carbons (Fsp3) is 0.571. The third-order valence-electron chi connectivity index (χ3n) is 3.68. The summed E-state index contributed by atoms with van der Waals surface area (Å²) in [6.45, 7) is 1.71. The van der Waals surface area contributed by atoms with Crippen molar-refractivity contribution in [3.05, 3.63) is 29.6 Å². The monoisotopic (exact) mass is 291 g/mol. The molecule has 112 valence electrons. The smallest absolute Gasteiger partial charge is 0.389 e. The highest BCUT2D eigenvalue weighted by atomic mass is 19.4. The van der Waals surface area contributed by atoms with Gasteiger partial charge in [0, 0.05) is 13.1 Å². The van der Waals surface area contributed by atoms with E-state index in [9.17, 15) is 22.7 Å². The van der Waals surface area contributed by atoms with Crippen molar-refractivity contribution < 1.29 is 22.7 Å². The average molecular weight is 291 g/mol. The number of nitrogens with zero attached hydrogens (tertiary/aromatic N) is 1. The lowest BCUT2D eigenvalue weighted by molar-refractivity contribution is -0.176. The van der Waals surface area contributed by atoms with Gasteiger partial charge < -0.3 is 10.0 Å². The zero-order valence-corrected chi connectivity index (χ0v) is 11.1. The van der Waals surface area contributed by atoms with E-state index in [-0.39, 0.29) is 18.7 Å². The van der Waals surface area contributed by atoms with E-state index in [2.05, 4.69) is 0 Å². The lowest BCUT2D eigenvalue weighted by Gasteiger charge is -2.35. The Bertz CT molecular complexity index is 473. The predicted molar refractivity (Wildman–Crippen MR) is 68.0 cm³/mol. The molecule has 1 aliphatic rings. The first kappa shape index (κ1) is 15.1. The maximum Gasteiger partial charge on any atom is 0.393 e. The molecule has 0 spiro atoms. The molecule has 1 heterocycles. The van der Waals surface area contributed by atoms with Gasteiger partial charge in [0.1, 0.15) is 5.82 Å². The van der Waals surface area contributed by atoms with E-state index in [0.29, 0.717) is 18.5 Å². The Labute approximate surface area is 115 Å². The summed E-state index contributed by atoms with van der Waals surface area (Å²) in [5, 5.41) is 9.37. The van der Waals surface area contributed by atoms with Gasteiger partial charge >= 0.3 is 6.18 Å². The first-order chi connectivity index (χ1) is 9.29. The fourth-order valence-corrected chi connectivity index (χ4v) is 2.50. The van der Waals surface area contributed by atoms with Crippen LogP contribution in [0.2, 0.25) is 0 Å². The van der Waals surface area contributed by atoms with Gasteiger partial charge in [0.05, 0.1) is 17.7 Å². The number of alkyl halides is 3. The molecule has 2 rings (SSSR count). The molecule has 0 saturated carbocycles. The molecule has 1 aromatic carbocycles. The van der Waals surface area contributed by atoms with Crippen LogP contribution in [0.3, 0.4) is 0 Å². The molecule has 0 bridgehead atoms. The van der Waals surface area contributed by atoms with Crippen LogP contribution in [0.4, 0.5) is 23.2 Å². The van der Waals surface area contributed by atoms with Gasteiger partial charge in [-0.1, -0.05) is 6.07 Å². The number of benzene rings is 1. The van der Waals surface area contributed by atoms with Gasteiger partial charge in [-0.15, -0.1) is 0 Å². The number of aliphatic hydroxyl groups is 1. The van der Waals surface area contributed by atoms with Crippen LogP contribution < -0.4 is 4.90 Å². The topological polar surface area (TPSA) is 23.5 Å². The molecule has 1 aliphatic heterocycles. The maximum atomic E-state index is 14.0. The molecule has 1 saturated heterocycles. The van der Waals surface area contributed by atoms with E-state index in [1.165, 1.54) is 24.0 Å². The van der Waals surface area contributed by atoms with Crippen molar-refractivity contribution in [1.29, 1.82) is 0 Å². The predicted octanol–water partition coefficient (Wildman–Crippen LogP) is 3.66. The Morgan fingerprint density at radius 1 is 1.35 bits per heavy atom. The first-order valence-corrected chi connectivity index (χ1v) is 6.58. The molecule has 6 heteroatoms. The molecule has 0 aliphatic carbocycles. The minimum Gasteiger partial charge on any atom is -0.389 e. The van der Waals surface area contributed by atoms with Crippen molar-refractivity contribution in [2.75, 3.05) is 18.0 Å². The second-order valence-electron chi connectivity index (χ2n) is 5.21. The van der Waals surface area contributed by atoms with Gasteiger partial charge in [0.2, 0.25) is 0 Å². The molecular formula is C14H17F4NO. The second kappa shape index (κ2) is 5.60. The largest absolute Gasteiger partial charge is 0.393 e. The van der Waals surface area contributed by atoms with Crippen LogP contribution in [0.5, 0.6) is 0 Å². The van der Waals surface area contributed by atoms with Gasteiger partial charge in [0.15, 0.2) is 0 Å². The first-order valence-electron chi connectivity index (χ1n) is 6.58. The Balaban J connectivity index is 2.19. The Kier molecular flexibility index (Phi) is 4.22. The van der Waals surface area contributed by atoms with Crippen LogP contribution in [0, 0.1) is 11.7 Å². The molecular weight excluding hydrogens is 274 g/mol. The highest BCUT2D eigenvalue weighted by Gasteiger charge is 2.42. The molecule has 0 radical (unpaired) electrons. The molecule has 1 N–H and O–H groups in total. The third kappa shape index (κ3) is 3.23. The molecule has 1 aromatic rings. The van der Waals surface area contributed by atoms with Crippen LogP contribution in [0.25, 0.3) is 0 Å². The summed E-state index contributed by atoms with van der Waals surface area (Å²) in [6.07, 6.45) is -4.56. The van der Waals surface area contributed by atoms with Crippen LogP contribution in [0.1, 0.15) is 31.4 Å². The Morgan fingerprint density at radius 3 is 2.60 bits per heavy atom. The highest BCUT2D eigenvalue weighted by molar-refractivity contribution is 5.50. The molecule has 0 aromatic heterocycles. The minimum absolute atomic E-state index is 0.0907. The normalized spacial score (nSPS) is 21.9. The maximum absolute atomic E-state index is 14.0. The molecule has 2 atom stereocenters. The summed E-state index contributed by atoms with van der Waals surface area (Å²) in [5.74, 6) is -2.00. The van der Waals surface area contributed by atoms with Crippen molar-refractivity contribution in [1.82, 2.24) is 0 Å². The van der Waals surface area contributed by atoms with Crippen molar-refractivity contribution in [3.63, 3.8) is 0 Å². The van der Waals surface area contributed by atoms with Crippen molar-refractivity contribution in [2.24, 2.45) is 5.92 Å². The Hall–Kier alpha value is -1.30. The third-order valence-corrected chi connectivity index (χ3v) is 3.68. The van der Waals surface area contributed by atoms with E-state index in [1.54, 1.807) is 6.07 Å². The van der Waals surface area contributed by atoms with Crippen LogP contribution in [-0.4, -0.2) is 24.4 Å². The number of aliphatic hydroxyl groups excluding tert-OH is 1. The van der Waals surface area contributed by atoms with E-state index in [0.717, 1.165) is 0 Å². The number of hydrogen-bond acceptors (Lipinski definition) is 2. The lowest BCUT2D eigenvalue weighted by atomic mass is 9.96. The molecule has 2 nitrogen and oxygen atoms in total. The zero-order chi connectivity index (χ0) is 14.9. The number of anilines is 1. The number of piperidine rings is 1. The number of rotatable bonds is 2. The van der Waals surface area contributed by atoms with Crippen LogP contribution >= 0.6 is 0 Å². The summed E-state index contributed by atoms with van der Waals surface area (Å²) in [6, 6.07) is 4.16. The summed E-state index contributed by atoms with van der Waals surface area (Å²) in [5.41, 5.74) is 0.582. The molecule has 1 unspecified atom stereocenters. The van der Waals surface area contributed by atoms with Crippen molar-refractivity contribution in [2.45, 2.75) is 32.0 Å². The summed E-state index contributed by atoms with van der Waals surface area (Å²) < 4.78 is 52.2. The molecule has 0 amide bonds. The lowest BCUT2D eigenvalue weighted by Crippen LogP contribution is -2.42. The van der Waals surface area contributed by atoms with Crippen molar-refractivity contribution >= 4 is 5.69 Å². The quantitative estimate of drug-likeness (QED) is 0.841. The van der Waals surface area contributed by atoms with Crippen molar-refractivity contribution in [3.8, 4) is 0 Å². The van der Waals surface area contributed by atoms with Gasteiger partial charge in [-0.3, -0.25) is 0 Å². The van der Waals surface area contributed by atoms with Gasteiger partial charge in [-0.2, -0.15) is 13.2 Å². The summed E-state index contributed by atoms with van der Waals surface area (Å²) in [7, 11) is 0. The van der Waals surface area contributed by atoms with Gasteiger partial charge in [-0.25, -0.2) is 4.39 Å². The number of halogens is 4. The SMILES string of the molecule is C[C@@H](O)c1ccc(N2CCCC(C(F)(F)F)C2)c(F)c1. The molecule has 1 fully saturated rings. The average Bonchev–Trinajstić information content (AvgIpc) is 2.37. The van der Waals surface area contributed by atoms with Gasteiger partial charge in [0.25, 0.3) is 0 Å². The fourth-order valence-electron chi connectivity index (χ4n) is 2.50. The molecule has 20 heavy (non-hydrogen) atoms. The van der Waals surface area contributed by atoms with E-state index in [1.807, 2.05) is 0 Å². The second-order valence-corrected chi connectivity index (χ2v) is 5.21. The number of hydrogen-bond donors (Lipinski definition) is 1. The van der Waals surface area contributed by atoms with E-state index in [4.69, 9.17) is 0 Å². The zero-order valence-electron chi connectivity index (χ0n) is 11.1. The summed E-state index contributed by atoms with van der Waals surface area (Å²) >= 11 is 0. The summed E-state index contributed by atoms with van der Waals surface area (Å²) in [4.78, 5) is 1.43. The standard InChI is InChI=1S/C14H17F4NO/c1-9(20)10-4-5-13(12(15)7-10)19-6-2-3-11(8-19)14(16,17)18/h4-5,7,9,11,20H,2-3,6,8H2,1H3/t9-,11?/m1/s1. The van der Waals surface area contributed by atoms with E-state index >= 15 is 0 Å². The van der Waals surface area contributed by atoms with Crippen LogP contribution in [-0.2, 0) is 0 Å². The van der Waals surface area contributed by atoms with Gasteiger partial charge in [-0.05, 0) is 37.5 Å². The van der Waals surface area contributed by atoms with E-state index < -0.39 is 24.0 Å². The Morgan fingerprint density at radius 2 is 2.05 bits per heavy atom. The highest BCUT2D eigenvalue weighted by Crippen LogP contribution is 2.35.